The maximum absolute atomic E-state index is 10.4. The molecule has 0 aliphatic rings. The summed E-state index contributed by atoms with van der Waals surface area (Å²) in [5, 5.41) is 8.47. The number of halogens is 2. The van der Waals surface area contributed by atoms with E-state index in [0.29, 0.717) is 5.75 Å². The van der Waals surface area contributed by atoms with Crippen molar-refractivity contribution in [2.24, 2.45) is 4.36 Å². The van der Waals surface area contributed by atoms with Gasteiger partial charge in [-0.15, -0.1) is 23.2 Å². The Morgan fingerprint density at radius 1 is 1.33 bits per heavy atom. The van der Waals surface area contributed by atoms with Gasteiger partial charge in [0.2, 0.25) is 0 Å². The summed E-state index contributed by atoms with van der Waals surface area (Å²) in [6, 6.07) is -1.13. The number of Topliss-reactive ketones (excluding diaryl/α,β-unsaturated/α-hetero) is 1. The summed E-state index contributed by atoms with van der Waals surface area (Å²) in [4.78, 5) is 20.3. The summed E-state index contributed by atoms with van der Waals surface area (Å²) in [6.45, 7) is 0. The van der Waals surface area contributed by atoms with Crippen molar-refractivity contribution in [3.05, 3.63) is 0 Å². The first-order chi connectivity index (χ1) is 8.38. The molecule has 106 valence electrons. The molecular weight excluding hydrogens is 325 g/mol. The normalized spacial score (nSPS) is 10.8. The number of alkyl halides is 2. The summed E-state index contributed by atoms with van der Waals surface area (Å²) < 4.78 is 23.1. The van der Waals surface area contributed by atoms with Gasteiger partial charge in [0.05, 0.1) is 11.8 Å². The molecule has 0 bridgehead atoms. The number of aliphatic carboxylic acids is 1. The molecular formula is C8H13Cl2NO5S2. The highest BCUT2D eigenvalue weighted by atomic mass is 35.5. The smallest absolute Gasteiger partial charge is 0.329 e. The fraction of sp³-hybridized carbons (Fsp3) is 0.750. The van der Waals surface area contributed by atoms with E-state index < -0.39 is 22.5 Å². The molecule has 0 spiro atoms. The molecule has 1 atom stereocenters. The lowest BCUT2D eigenvalue weighted by Gasteiger charge is -2.01. The highest BCUT2D eigenvalue weighted by Gasteiger charge is 2.15. The van der Waals surface area contributed by atoms with E-state index in [2.05, 4.69) is 4.36 Å². The van der Waals surface area contributed by atoms with Crippen molar-refractivity contribution in [1.82, 2.24) is 0 Å². The Morgan fingerprint density at radius 3 is 2.06 bits per heavy atom. The molecule has 0 aromatic heterocycles. The van der Waals surface area contributed by atoms with Crippen LogP contribution in [0.15, 0.2) is 4.36 Å². The van der Waals surface area contributed by atoms with Gasteiger partial charge < -0.3 is 5.11 Å². The van der Waals surface area contributed by atoms with Gasteiger partial charge in [-0.2, -0.15) is 24.5 Å². The van der Waals surface area contributed by atoms with Gasteiger partial charge in [-0.3, -0.25) is 4.79 Å². The monoisotopic (exact) mass is 337 g/mol. The Labute approximate surface area is 121 Å². The lowest BCUT2D eigenvalue weighted by atomic mass is 10.2. The topological polar surface area (TPSA) is 101 Å². The van der Waals surface area contributed by atoms with Crippen LogP contribution in [-0.2, 0) is 20.1 Å². The molecule has 0 rings (SSSR count). The summed E-state index contributed by atoms with van der Waals surface area (Å²) in [5.74, 6) is -0.684. The van der Waals surface area contributed by atoms with E-state index in [-0.39, 0.29) is 24.0 Å². The molecule has 18 heavy (non-hydrogen) atoms. The molecule has 10 heteroatoms. The SMILES string of the molecule is CSCC[C@H](N=S(=O)=O)C(=O)O.O=C(CCl)CCl. The van der Waals surface area contributed by atoms with Gasteiger partial charge in [0, 0.05) is 0 Å². The van der Waals surface area contributed by atoms with E-state index in [1.165, 1.54) is 11.8 Å². The molecule has 0 fully saturated rings. The molecule has 1 N–H and O–H groups in total. The summed E-state index contributed by atoms with van der Waals surface area (Å²) >= 11 is 11.5. The number of rotatable bonds is 7. The first kappa shape index (κ1) is 20.0. The number of nitrogens with zero attached hydrogens (tertiary/aromatic N) is 1. The van der Waals surface area contributed by atoms with E-state index in [0.717, 1.165) is 0 Å². The van der Waals surface area contributed by atoms with Gasteiger partial charge in [-0.1, -0.05) is 0 Å². The molecule has 0 amide bonds. The summed E-state index contributed by atoms with van der Waals surface area (Å²) in [5.41, 5.74) is 0. The Bertz CT molecular complexity index is 371. The molecule has 0 radical (unpaired) electrons. The van der Waals surface area contributed by atoms with Crippen LogP contribution in [0.2, 0.25) is 0 Å². The maximum atomic E-state index is 10.4. The van der Waals surface area contributed by atoms with Gasteiger partial charge in [-0.05, 0) is 18.4 Å². The zero-order valence-corrected chi connectivity index (χ0v) is 12.7. The van der Waals surface area contributed by atoms with Crippen LogP contribution in [-0.4, -0.2) is 55.1 Å². The molecule has 0 aliphatic carbocycles. The van der Waals surface area contributed by atoms with Gasteiger partial charge in [0.15, 0.2) is 11.8 Å². The van der Waals surface area contributed by atoms with Crippen molar-refractivity contribution in [1.29, 1.82) is 0 Å². The Kier molecular flexibility index (Phi) is 14.6. The maximum Gasteiger partial charge on any atom is 0.329 e. The molecule has 0 aromatic rings. The van der Waals surface area contributed by atoms with E-state index in [1.807, 2.05) is 6.26 Å². The molecule has 0 unspecified atom stereocenters. The van der Waals surface area contributed by atoms with Crippen LogP contribution in [0.4, 0.5) is 0 Å². The predicted octanol–water partition coefficient (Wildman–Crippen LogP) is 1.29. The van der Waals surface area contributed by atoms with E-state index in [1.54, 1.807) is 0 Å². The second-order valence-corrected chi connectivity index (χ2v) is 4.93. The molecule has 0 aliphatic heterocycles. The number of ketones is 1. The number of carbonyl (C=O) groups is 2. The second kappa shape index (κ2) is 13.1. The minimum absolute atomic E-state index is 0.0312. The van der Waals surface area contributed by atoms with Gasteiger partial charge in [0.1, 0.15) is 0 Å². The van der Waals surface area contributed by atoms with Crippen LogP contribution in [0.25, 0.3) is 0 Å². The minimum atomic E-state index is -2.63. The molecule has 0 aromatic carbocycles. The average molecular weight is 338 g/mol. The molecule has 0 saturated heterocycles. The van der Waals surface area contributed by atoms with Crippen molar-refractivity contribution >= 4 is 57.2 Å². The number of carbonyl (C=O) groups excluding carboxylic acids is 1. The number of hydrogen-bond acceptors (Lipinski definition) is 6. The second-order valence-electron chi connectivity index (χ2n) is 2.76. The van der Waals surface area contributed by atoms with Crippen LogP contribution in [0, 0.1) is 0 Å². The molecule has 0 saturated carbocycles. The van der Waals surface area contributed by atoms with Crippen molar-refractivity contribution in [2.75, 3.05) is 23.8 Å². The third-order valence-corrected chi connectivity index (χ3v) is 3.06. The zero-order valence-electron chi connectivity index (χ0n) is 9.51. The summed E-state index contributed by atoms with van der Waals surface area (Å²) in [7, 11) is -2.63. The van der Waals surface area contributed by atoms with E-state index in [4.69, 9.17) is 28.3 Å². The van der Waals surface area contributed by atoms with Crippen molar-refractivity contribution in [2.45, 2.75) is 12.5 Å². The number of carboxylic acid groups (broad SMARTS) is 1. The lowest BCUT2D eigenvalue weighted by molar-refractivity contribution is -0.138. The third kappa shape index (κ3) is 13.8. The first-order valence-electron chi connectivity index (χ1n) is 4.54. The average Bonchev–Trinajstić information content (AvgIpc) is 2.33. The fourth-order valence-electron chi connectivity index (χ4n) is 0.590. The Morgan fingerprint density at radius 2 is 1.83 bits per heavy atom. The largest absolute Gasteiger partial charge is 0.480 e. The third-order valence-electron chi connectivity index (χ3n) is 1.39. The van der Waals surface area contributed by atoms with Crippen LogP contribution >= 0.6 is 35.0 Å². The van der Waals surface area contributed by atoms with Crippen molar-refractivity contribution in [3.63, 3.8) is 0 Å². The van der Waals surface area contributed by atoms with E-state index in [9.17, 15) is 18.0 Å². The predicted molar refractivity (Wildman–Crippen MR) is 72.2 cm³/mol. The summed E-state index contributed by atoms with van der Waals surface area (Å²) in [6.07, 6.45) is 2.05. The number of thioether (sulfide) groups is 1. The standard InChI is InChI=1S/C5H9NO4S2.C3H4Cl2O/c1-11-3-2-4(5(7)8)6-12(9)10;4-1-3(6)2-5/h4H,2-3H2,1H3,(H,7,8);1-2H2/t4-;/m0./s1. The van der Waals surface area contributed by atoms with Crippen molar-refractivity contribution < 1.29 is 23.1 Å². The van der Waals surface area contributed by atoms with Crippen molar-refractivity contribution in [3.8, 4) is 0 Å². The Balaban J connectivity index is 0. The van der Waals surface area contributed by atoms with Crippen LogP contribution in [0.3, 0.4) is 0 Å². The van der Waals surface area contributed by atoms with Gasteiger partial charge in [0.25, 0.3) is 0 Å². The zero-order chi connectivity index (χ0) is 14.6. The number of hydrogen-bond donors (Lipinski definition) is 1. The molecule has 0 heterocycles. The van der Waals surface area contributed by atoms with Gasteiger partial charge in [-0.25, -0.2) is 4.79 Å². The van der Waals surface area contributed by atoms with Crippen LogP contribution in [0.5, 0.6) is 0 Å². The van der Waals surface area contributed by atoms with E-state index >= 15 is 0 Å². The quantitative estimate of drug-likeness (QED) is 0.702. The minimum Gasteiger partial charge on any atom is -0.480 e. The number of carboxylic acids is 1. The molecule has 6 nitrogen and oxygen atoms in total. The van der Waals surface area contributed by atoms with Crippen LogP contribution < -0.4 is 0 Å². The first-order valence-corrected chi connectivity index (χ1v) is 8.04. The van der Waals surface area contributed by atoms with Crippen LogP contribution in [0.1, 0.15) is 6.42 Å². The lowest BCUT2D eigenvalue weighted by Crippen LogP contribution is -2.18. The highest BCUT2D eigenvalue weighted by molar-refractivity contribution is 7.98. The Hall–Kier alpha value is -0.310. The van der Waals surface area contributed by atoms with Gasteiger partial charge >= 0.3 is 16.5 Å². The highest BCUT2D eigenvalue weighted by Crippen LogP contribution is 2.04. The fourth-order valence-corrected chi connectivity index (χ4v) is 1.74.